The molecular weight excluding hydrogens is 720 g/mol. The molecule has 0 radical (unpaired) electrons. The minimum absolute atomic E-state index is 0.0799. The summed E-state index contributed by atoms with van der Waals surface area (Å²) < 4.78 is 8.70. The van der Waals surface area contributed by atoms with Gasteiger partial charge in [0.25, 0.3) is 0 Å². The molecule has 57 heavy (non-hydrogen) atoms. The highest BCUT2D eigenvalue weighted by molar-refractivity contribution is 7.30. The molecule has 0 aromatic heterocycles. The molecule has 1 aromatic carbocycles. The van der Waals surface area contributed by atoms with Crippen LogP contribution in [0.1, 0.15) is 297 Å². The standard InChI is InChI=1S/C52H98O.HO3P/c1-10-12-14-16-18-20-22-24-26-28-30-32-34-36-38-40-42-52(9,46-44-47(50(3,4)5)49(53)48(45-46)51(6,7)8)43-41-39-37-35-33-31-29-27-25-23-21-19-17-15-13-11-2;1-4(2)3/h44-45,53H,10-43H2,1-9H3;(H-,1,2,3)/p+1. The second kappa shape index (κ2) is 34.7. The first-order valence-electron chi connectivity index (χ1n) is 24.8. The summed E-state index contributed by atoms with van der Waals surface area (Å²) in [5, 5.41) is 11.5. The normalized spacial score (nSPS) is 12.2. The molecule has 1 rings (SSSR count). The molecule has 0 aliphatic carbocycles. The number of benzene rings is 1. The molecule has 0 saturated carbocycles. The molecule has 0 unspecified atom stereocenters. The zero-order valence-corrected chi connectivity index (χ0v) is 40.8. The third-order valence-electron chi connectivity index (χ3n) is 12.6. The Balaban J connectivity index is 0.00000745. The third-order valence-corrected chi connectivity index (χ3v) is 12.6. The quantitative estimate of drug-likeness (QED) is 0.0471. The molecule has 0 saturated heterocycles. The van der Waals surface area contributed by atoms with Gasteiger partial charge in [-0.25, -0.2) is 0 Å². The van der Waals surface area contributed by atoms with Crippen LogP contribution in [-0.4, -0.2) is 14.9 Å². The van der Waals surface area contributed by atoms with Crippen LogP contribution in [-0.2, 0) is 20.8 Å². The molecule has 3 N–H and O–H groups in total. The molecule has 336 valence electrons. The van der Waals surface area contributed by atoms with E-state index in [1.165, 1.54) is 224 Å². The number of aromatic hydroxyl groups is 1. The van der Waals surface area contributed by atoms with Crippen molar-refractivity contribution in [2.24, 2.45) is 0 Å². The van der Waals surface area contributed by atoms with Crippen molar-refractivity contribution >= 4 is 8.25 Å². The van der Waals surface area contributed by atoms with Crippen molar-refractivity contribution in [2.45, 2.75) is 297 Å². The Morgan fingerprint density at radius 1 is 0.404 bits per heavy atom. The van der Waals surface area contributed by atoms with Gasteiger partial charge in [-0.3, -0.25) is 0 Å². The number of unbranched alkanes of at least 4 members (excludes halogenated alkanes) is 30. The van der Waals surface area contributed by atoms with Crippen LogP contribution in [0.4, 0.5) is 0 Å². The van der Waals surface area contributed by atoms with Gasteiger partial charge < -0.3 is 5.11 Å². The average Bonchev–Trinajstić information content (AvgIpc) is 3.13. The van der Waals surface area contributed by atoms with E-state index < -0.39 is 8.25 Å². The van der Waals surface area contributed by atoms with Gasteiger partial charge in [0.05, 0.1) is 0 Å². The highest BCUT2D eigenvalue weighted by Gasteiger charge is 2.32. The average molecular weight is 820 g/mol. The maximum atomic E-state index is 11.5. The van der Waals surface area contributed by atoms with E-state index in [2.05, 4.69) is 74.4 Å². The zero-order valence-electron chi connectivity index (χ0n) is 39.9. The molecule has 0 heterocycles. The Hall–Kier alpha value is -0.960. The SMILES string of the molecule is CCCCCCCCCCCCCCCCCCC(C)(CCCCCCCCCCCCCCCCCC)c1cc(C(C)(C)C)c(O)c(C(C)(C)C)c1.O=[P+](O)O. The lowest BCUT2D eigenvalue weighted by atomic mass is 9.70. The first-order valence-corrected chi connectivity index (χ1v) is 26.0. The minimum Gasteiger partial charge on any atom is -0.507 e. The van der Waals surface area contributed by atoms with E-state index >= 15 is 0 Å². The smallest absolute Gasteiger partial charge is 0.507 e. The highest BCUT2D eigenvalue weighted by atomic mass is 31.1. The van der Waals surface area contributed by atoms with Gasteiger partial charge in [0, 0.05) is 4.57 Å². The van der Waals surface area contributed by atoms with Gasteiger partial charge in [0.1, 0.15) is 5.75 Å². The van der Waals surface area contributed by atoms with Crippen molar-refractivity contribution in [3.05, 3.63) is 28.8 Å². The summed E-state index contributed by atoms with van der Waals surface area (Å²) in [5.41, 5.74) is 3.74. The Morgan fingerprint density at radius 2 is 0.596 bits per heavy atom. The van der Waals surface area contributed by atoms with Crippen molar-refractivity contribution in [3.8, 4) is 5.75 Å². The number of phenols is 1. The molecule has 0 atom stereocenters. The fraction of sp³-hybridized carbons (Fsp3) is 0.885. The summed E-state index contributed by atoms with van der Waals surface area (Å²) in [5.74, 6) is 0.529. The first-order chi connectivity index (χ1) is 27.1. The van der Waals surface area contributed by atoms with Crippen molar-refractivity contribution in [1.29, 1.82) is 0 Å². The second-order valence-corrected chi connectivity index (χ2v) is 20.8. The van der Waals surface area contributed by atoms with Crippen molar-refractivity contribution in [3.63, 3.8) is 0 Å². The monoisotopic (exact) mass is 820 g/mol. The van der Waals surface area contributed by atoms with Crippen LogP contribution in [0.3, 0.4) is 0 Å². The lowest BCUT2D eigenvalue weighted by molar-refractivity contribution is 0.357. The predicted octanol–water partition coefficient (Wildman–Crippen LogP) is 18.2. The summed E-state index contributed by atoms with van der Waals surface area (Å²) in [4.78, 5) is 14.2. The Morgan fingerprint density at radius 3 is 0.789 bits per heavy atom. The van der Waals surface area contributed by atoms with Crippen LogP contribution < -0.4 is 0 Å². The van der Waals surface area contributed by atoms with E-state index in [1.807, 2.05) is 0 Å². The molecule has 5 heteroatoms. The van der Waals surface area contributed by atoms with E-state index in [0.717, 1.165) is 11.1 Å². The third kappa shape index (κ3) is 30.7. The summed E-state index contributed by atoms with van der Waals surface area (Å²) in [7, 11) is -2.87. The zero-order chi connectivity index (χ0) is 42.8. The minimum atomic E-state index is -2.87. The van der Waals surface area contributed by atoms with Crippen molar-refractivity contribution < 1.29 is 19.5 Å². The van der Waals surface area contributed by atoms with Gasteiger partial charge in [0.15, 0.2) is 0 Å². The van der Waals surface area contributed by atoms with Crippen molar-refractivity contribution in [2.75, 3.05) is 0 Å². The fourth-order valence-electron chi connectivity index (χ4n) is 8.67. The van der Waals surface area contributed by atoms with Gasteiger partial charge >= 0.3 is 8.25 Å². The first kappa shape index (κ1) is 56.0. The van der Waals surface area contributed by atoms with Crippen LogP contribution in [0.25, 0.3) is 0 Å². The second-order valence-electron chi connectivity index (χ2n) is 20.3. The maximum Gasteiger partial charge on any atom is 0.692 e. The number of rotatable bonds is 35. The Bertz CT molecular complexity index is 1010. The maximum absolute atomic E-state index is 11.5. The van der Waals surface area contributed by atoms with E-state index in [0.29, 0.717) is 5.75 Å². The topological polar surface area (TPSA) is 77.8 Å². The Kier molecular flexibility index (Phi) is 34.1. The number of phenolic OH excluding ortho intramolecular Hbond substituents is 1. The van der Waals surface area contributed by atoms with E-state index in [9.17, 15) is 5.11 Å². The molecule has 0 aliphatic rings. The van der Waals surface area contributed by atoms with Crippen LogP contribution in [0.2, 0.25) is 0 Å². The molecule has 4 nitrogen and oxygen atoms in total. The van der Waals surface area contributed by atoms with E-state index in [4.69, 9.17) is 14.4 Å². The summed E-state index contributed by atoms with van der Waals surface area (Å²) in [6.07, 6.45) is 48.1. The van der Waals surface area contributed by atoms with Gasteiger partial charge in [-0.15, -0.1) is 9.79 Å². The predicted molar refractivity (Wildman–Crippen MR) is 253 cm³/mol. The van der Waals surface area contributed by atoms with Gasteiger partial charge in [-0.2, -0.15) is 0 Å². The van der Waals surface area contributed by atoms with Crippen LogP contribution in [0.5, 0.6) is 5.75 Å². The highest BCUT2D eigenvalue weighted by Crippen LogP contribution is 2.45. The van der Waals surface area contributed by atoms with Crippen molar-refractivity contribution in [1.82, 2.24) is 0 Å². The largest absolute Gasteiger partial charge is 0.692 e. The molecule has 1 aromatic rings. The Labute approximate surface area is 357 Å². The number of hydrogen-bond donors (Lipinski definition) is 3. The van der Waals surface area contributed by atoms with Gasteiger partial charge in [-0.1, -0.05) is 280 Å². The lowest BCUT2D eigenvalue weighted by Crippen LogP contribution is -2.25. The molecule has 0 amide bonds. The van der Waals surface area contributed by atoms with E-state index in [1.54, 1.807) is 0 Å². The van der Waals surface area contributed by atoms with Gasteiger partial charge in [-0.05, 0) is 45.8 Å². The van der Waals surface area contributed by atoms with Crippen LogP contribution in [0, 0.1) is 0 Å². The van der Waals surface area contributed by atoms with E-state index in [-0.39, 0.29) is 16.2 Å². The molecule has 0 aliphatic heterocycles. The van der Waals surface area contributed by atoms with Crippen LogP contribution >= 0.6 is 8.25 Å². The fourth-order valence-corrected chi connectivity index (χ4v) is 8.67. The lowest BCUT2D eigenvalue weighted by Gasteiger charge is -2.35. The number of hydrogen-bond acceptors (Lipinski definition) is 2. The molecule has 0 fully saturated rings. The summed E-state index contributed by atoms with van der Waals surface area (Å²) in [6.45, 7) is 20.8. The summed E-state index contributed by atoms with van der Waals surface area (Å²) >= 11 is 0. The molecule has 0 spiro atoms. The molecule has 0 bridgehead atoms. The summed E-state index contributed by atoms with van der Waals surface area (Å²) in [6, 6.07) is 4.81. The van der Waals surface area contributed by atoms with Gasteiger partial charge in [0.2, 0.25) is 0 Å². The van der Waals surface area contributed by atoms with Crippen LogP contribution in [0.15, 0.2) is 12.1 Å². The molecular formula is C52H100O4P+.